The predicted molar refractivity (Wildman–Crippen MR) is 55.3 cm³/mol. The molecular formula is C9H19NO3S. The highest BCUT2D eigenvalue weighted by molar-refractivity contribution is 7.86. The van der Waals surface area contributed by atoms with Crippen molar-refractivity contribution in [1.29, 1.82) is 0 Å². The summed E-state index contributed by atoms with van der Waals surface area (Å²) in [6.07, 6.45) is 7.33. The minimum atomic E-state index is -4.03. The zero-order valence-corrected chi connectivity index (χ0v) is 9.17. The predicted octanol–water partition coefficient (Wildman–Crippen LogP) is 1.52. The van der Waals surface area contributed by atoms with Gasteiger partial charge in [-0.2, -0.15) is 8.42 Å². The molecule has 1 unspecified atom stereocenters. The molecule has 0 bridgehead atoms. The maximum Gasteiger partial charge on any atom is 0.280 e. The molecule has 3 N–H and O–H groups in total. The van der Waals surface area contributed by atoms with Crippen LogP contribution in [0.5, 0.6) is 0 Å². The summed E-state index contributed by atoms with van der Waals surface area (Å²) >= 11 is 0. The van der Waals surface area contributed by atoms with Gasteiger partial charge in [-0.15, -0.1) is 0 Å². The second-order valence-electron chi connectivity index (χ2n) is 4.13. The third kappa shape index (κ3) is 3.94. The first kappa shape index (κ1) is 11.9. The first-order valence-electron chi connectivity index (χ1n) is 5.22. The SMILES string of the molecule is NC(CCC1CCCCC1)S(=O)(=O)O. The Kier molecular flexibility index (Phi) is 4.34. The highest BCUT2D eigenvalue weighted by atomic mass is 32.2. The van der Waals surface area contributed by atoms with E-state index in [4.69, 9.17) is 10.3 Å². The zero-order valence-electron chi connectivity index (χ0n) is 8.35. The molecule has 1 atom stereocenters. The standard InChI is InChI=1S/C9H19NO3S/c10-9(14(11,12)13)7-6-8-4-2-1-3-5-8/h8-9H,1-7,10H2,(H,11,12,13). The van der Waals surface area contributed by atoms with E-state index >= 15 is 0 Å². The Hall–Kier alpha value is -0.130. The molecule has 1 saturated carbocycles. The molecule has 0 radical (unpaired) electrons. The molecule has 0 aromatic rings. The van der Waals surface area contributed by atoms with E-state index in [1.54, 1.807) is 0 Å². The molecule has 14 heavy (non-hydrogen) atoms. The van der Waals surface area contributed by atoms with Gasteiger partial charge in [0.15, 0.2) is 0 Å². The second-order valence-corrected chi connectivity index (χ2v) is 5.77. The first-order chi connectivity index (χ1) is 6.50. The highest BCUT2D eigenvalue weighted by Gasteiger charge is 2.20. The molecule has 5 heteroatoms. The van der Waals surface area contributed by atoms with Gasteiger partial charge in [-0.25, -0.2) is 0 Å². The summed E-state index contributed by atoms with van der Waals surface area (Å²) in [5.41, 5.74) is 5.33. The first-order valence-corrected chi connectivity index (χ1v) is 6.72. The lowest BCUT2D eigenvalue weighted by molar-refractivity contribution is 0.328. The molecule has 0 saturated heterocycles. The summed E-state index contributed by atoms with van der Waals surface area (Å²) in [5, 5.41) is -1.09. The molecule has 1 aliphatic rings. The van der Waals surface area contributed by atoms with Crippen molar-refractivity contribution in [3.8, 4) is 0 Å². The molecule has 0 spiro atoms. The van der Waals surface area contributed by atoms with Crippen molar-refractivity contribution in [2.75, 3.05) is 0 Å². The Morgan fingerprint density at radius 2 is 1.86 bits per heavy atom. The Balaban J connectivity index is 2.25. The van der Waals surface area contributed by atoms with Crippen LogP contribution in [0.1, 0.15) is 44.9 Å². The molecular weight excluding hydrogens is 202 g/mol. The number of hydrogen-bond donors (Lipinski definition) is 2. The Labute approximate surface area is 85.6 Å². The van der Waals surface area contributed by atoms with Crippen LogP contribution in [0.3, 0.4) is 0 Å². The van der Waals surface area contributed by atoms with E-state index in [2.05, 4.69) is 0 Å². The van der Waals surface area contributed by atoms with E-state index in [-0.39, 0.29) is 0 Å². The van der Waals surface area contributed by atoms with Crippen molar-refractivity contribution >= 4 is 10.1 Å². The molecule has 1 rings (SSSR count). The van der Waals surface area contributed by atoms with Gasteiger partial charge in [0.1, 0.15) is 5.37 Å². The number of nitrogens with two attached hydrogens (primary N) is 1. The molecule has 0 amide bonds. The van der Waals surface area contributed by atoms with Crippen molar-refractivity contribution in [2.45, 2.75) is 50.3 Å². The van der Waals surface area contributed by atoms with Crippen molar-refractivity contribution in [3.05, 3.63) is 0 Å². The summed E-state index contributed by atoms with van der Waals surface area (Å²) in [6.45, 7) is 0. The van der Waals surface area contributed by atoms with Crippen molar-refractivity contribution in [2.24, 2.45) is 11.7 Å². The second kappa shape index (κ2) is 5.09. The van der Waals surface area contributed by atoms with Crippen LogP contribution in [-0.4, -0.2) is 18.3 Å². The van der Waals surface area contributed by atoms with Crippen LogP contribution in [0.4, 0.5) is 0 Å². The largest absolute Gasteiger partial charge is 0.313 e. The third-order valence-corrected chi connectivity index (χ3v) is 3.97. The molecule has 0 aromatic carbocycles. The van der Waals surface area contributed by atoms with E-state index in [0.717, 1.165) is 6.42 Å². The Morgan fingerprint density at radius 1 is 1.29 bits per heavy atom. The lowest BCUT2D eigenvalue weighted by Gasteiger charge is -2.22. The van der Waals surface area contributed by atoms with E-state index in [1.165, 1.54) is 32.1 Å². The average molecular weight is 221 g/mol. The summed E-state index contributed by atoms with van der Waals surface area (Å²) < 4.78 is 29.9. The fourth-order valence-electron chi connectivity index (χ4n) is 2.02. The molecule has 0 aliphatic heterocycles. The van der Waals surface area contributed by atoms with Crippen molar-refractivity contribution in [3.63, 3.8) is 0 Å². The monoisotopic (exact) mass is 221 g/mol. The molecule has 0 aromatic heterocycles. The van der Waals surface area contributed by atoms with Crippen molar-refractivity contribution in [1.82, 2.24) is 0 Å². The topological polar surface area (TPSA) is 80.4 Å². The number of rotatable bonds is 4. The van der Waals surface area contributed by atoms with Crippen LogP contribution in [-0.2, 0) is 10.1 Å². The minimum Gasteiger partial charge on any atom is -0.313 e. The number of hydrogen-bond acceptors (Lipinski definition) is 3. The zero-order chi connectivity index (χ0) is 10.6. The fourth-order valence-corrected chi connectivity index (χ4v) is 2.46. The lowest BCUT2D eigenvalue weighted by Crippen LogP contribution is -2.30. The highest BCUT2D eigenvalue weighted by Crippen LogP contribution is 2.27. The third-order valence-electron chi connectivity index (χ3n) is 2.97. The summed E-state index contributed by atoms with van der Waals surface area (Å²) in [7, 11) is -4.03. The van der Waals surface area contributed by atoms with E-state index in [9.17, 15) is 8.42 Å². The van der Waals surface area contributed by atoms with Crippen LogP contribution < -0.4 is 5.73 Å². The van der Waals surface area contributed by atoms with Gasteiger partial charge in [0, 0.05) is 0 Å². The summed E-state index contributed by atoms with van der Waals surface area (Å²) in [4.78, 5) is 0. The van der Waals surface area contributed by atoms with Crippen LogP contribution in [0.2, 0.25) is 0 Å². The Bertz CT molecular complexity index is 257. The Morgan fingerprint density at radius 3 is 2.36 bits per heavy atom. The van der Waals surface area contributed by atoms with Gasteiger partial charge in [0.2, 0.25) is 0 Å². The lowest BCUT2D eigenvalue weighted by atomic mass is 9.86. The van der Waals surface area contributed by atoms with Gasteiger partial charge in [-0.3, -0.25) is 4.55 Å². The molecule has 0 heterocycles. The smallest absolute Gasteiger partial charge is 0.280 e. The summed E-state index contributed by atoms with van der Waals surface area (Å²) in [5.74, 6) is 0.608. The van der Waals surface area contributed by atoms with E-state index < -0.39 is 15.5 Å². The van der Waals surface area contributed by atoms with Gasteiger partial charge in [-0.05, 0) is 18.8 Å². The molecule has 1 aliphatic carbocycles. The molecule has 1 fully saturated rings. The normalized spacial score (nSPS) is 22.1. The average Bonchev–Trinajstić information content (AvgIpc) is 2.14. The van der Waals surface area contributed by atoms with Crippen molar-refractivity contribution < 1.29 is 13.0 Å². The fraction of sp³-hybridized carbons (Fsp3) is 1.00. The quantitative estimate of drug-likeness (QED) is 0.705. The maximum atomic E-state index is 10.6. The van der Waals surface area contributed by atoms with Crippen LogP contribution in [0, 0.1) is 5.92 Å². The minimum absolute atomic E-state index is 0.378. The maximum absolute atomic E-state index is 10.6. The van der Waals surface area contributed by atoms with Gasteiger partial charge >= 0.3 is 0 Å². The van der Waals surface area contributed by atoms with Gasteiger partial charge in [0.05, 0.1) is 0 Å². The summed E-state index contributed by atoms with van der Waals surface area (Å²) in [6, 6.07) is 0. The van der Waals surface area contributed by atoms with E-state index in [1.807, 2.05) is 0 Å². The van der Waals surface area contributed by atoms with E-state index in [0.29, 0.717) is 12.3 Å². The van der Waals surface area contributed by atoms with Gasteiger partial charge in [-0.1, -0.05) is 32.1 Å². The molecule has 4 nitrogen and oxygen atoms in total. The van der Waals surface area contributed by atoms with Crippen LogP contribution in [0.25, 0.3) is 0 Å². The van der Waals surface area contributed by atoms with Gasteiger partial charge < -0.3 is 5.73 Å². The van der Waals surface area contributed by atoms with Gasteiger partial charge in [0.25, 0.3) is 10.1 Å². The van der Waals surface area contributed by atoms with Crippen LogP contribution >= 0.6 is 0 Å². The molecule has 84 valence electrons. The van der Waals surface area contributed by atoms with Crippen LogP contribution in [0.15, 0.2) is 0 Å².